The van der Waals surface area contributed by atoms with Gasteiger partial charge in [-0.2, -0.15) is 10.1 Å². The summed E-state index contributed by atoms with van der Waals surface area (Å²) in [4.78, 5) is 8.73. The molecule has 2 aromatic rings. The minimum atomic E-state index is 0.321. The van der Waals surface area contributed by atoms with Gasteiger partial charge >= 0.3 is 0 Å². The molecule has 0 amide bonds. The fraction of sp³-hybridized carbons (Fsp3) is 0.600. The second-order valence-electron chi connectivity index (χ2n) is 7.76. The Morgan fingerprint density at radius 1 is 1.23 bits per heavy atom. The first-order valence-electron chi connectivity index (χ1n) is 10.3. The van der Waals surface area contributed by atoms with E-state index >= 15 is 0 Å². The average Bonchev–Trinajstić information content (AvgIpc) is 3.20. The number of aromatic nitrogens is 4. The van der Waals surface area contributed by atoms with Crippen molar-refractivity contribution in [2.24, 2.45) is 9.98 Å². The van der Waals surface area contributed by atoms with E-state index in [1.807, 2.05) is 13.8 Å². The van der Waals surface area contributed by atoms with Crippen molar-refractivity contribution in [1.29, 1.82) is 0 Å². The molecule has 1 saturated carbocycles. The van der Waals surface area contributed by atoms with Gasteiger partial charge in [0, 0.05) is 25.6 Å². The minimum absolute atomic E-state index is 0.321. The number of aliphatic imine (C=N–C) groups is 2. The largest absolute Gasteiger partial charge is 0.475 e. The summed E-state index contributed by atoms with van der Waals surface area (Å²) in [5.41, 5.74) is 2.57. The summed E-state index contributed by atoms with van der Waals surface area (Å²) < 4.78 is 15.4. The molecular formula is C20H28ClN7O2. The number of hydrogen-bond acceptors (Lipinski definition) is 7. The van der Waals surface area contributed by atoms with Gasteiger partial charge in [-0.05, 0) is 46.2 Å². The molecule has 9 nitrogen and oxygen atoms in total. The third-order valence-corrected chi connectivity index (χ3v) is 6.25. The number of halogens is 1. The molecule has 1 aliphatic carbocycles. The highest BCUT2D eigenvalue weighted by Gasteiger charge is 2.27. The van der Waals surface area contributed by atoms with Crippen molar-refractivity contribution in [1.82, 2.24) is 19.6 Å². The van der Waals surface area contributed by atoms with Crippen molar-refractivity contribution in [3.8, 4) is 5.88 Å². The fourth-order valence-electron chi connectivity index (χ4n) is 4.13. The average molecular weight is 434 g/mol. The summed E-state index contributed by atoms with van der Waals surface area (Å²) in [6, 6.07) is 0.321. The van der Waals surface area contributed by atoms with Gasteiger partial charge in [-0.1, -0.05) is 11.6 Å². The van der Waals surface area contributed by atoms with E-state index in [1.165, 1.54) is 0 Å². The lowest BCUT2D eigenvalue weighted by molar-refractivity contribution is 0.0563. The van der Waals surface area contributed by atoms with Crippen molar-refractivity contribution in [3.05, 3.63) is 16.4 Å². The van der Waals surface area contributed by atoms with Gasteiger partial charge in [-0.25, -0.2) is 9.67 Å². The van der Waals surface area contributed by atoms with Crippen molar-refractivity contribution in [2.45, 2.75) is 64.6 Å². The van der Waals surface area contributed by atoms with Crippen LogP contribution < -0.4 is 10.1 Å². The topological polar surface area (TPSA) is 90.9 Å². The number of aryl methyl sites for hydroxylation is 1. The lowest BCUT2D eigenvalue weighted by Crippen LogP contribution is -2.24. The second kappa shape index (κ2) is 8.77. The van der Waals surface area contributed by atoms with E-state index in [9.17, 15) is 0 Å². The first-order valence-corrected chi connectivity index (χ1v) is 10.7. The van der Waals surface area contributed by atoms with Crippen LogP contribution in [0.4, 0.5) is 11.5 Å². The van der Waals surface area contributed by atoms with Gasteiger partial charge in [-0.3, -0.25) is 4.68 Å². The van der Waals surface area contributed by atoms with Gasteiger partial charge in [-0.15, -0.1) is 5.10 Å². The van der Waals surface area contributed by atoms with Gasteiger partial charge in [0.1, 0.15) is 5.69 Å². The number of anilines is 1. The zero-order valence-corrected chi connectivity index (χ0v) is 18.4. The summed E-state index contributed by atoms with van der Waals surface area (Å²) >= 11 is 6.23. The highest BCUT2D eigenvalue weighted by molar-refractivity contribution is 6.30. The first-order chi connectivity index (χ1) is 14.5. The monoisotopic (exact) mass is 433 g/mol. The van der Waals surface area contributed by atoms with Gasteiger partial charge in [0.25, 0.3) is 5.88 Å². The number of fused-ring (bicyclic) bond motifs is 2. The van der Waals surface area contributed by atoms with Crippen LogP contribution in [0.25, 0.3) is 0 Å². The van der Waals surface area contributed by atoms with Crippen LogP contribution in [0.15, 0.2) is 9.98 Å². The molecule has 1 fully saturated rings. The van der Waals surface area contributed by atoms with Crippen LogP contribution in [0.3, 0.4) is 0 Å². The highest BCUT2D eigenvalue weighted by atomic mass is 35.5. The van der Waals surface area contributed by atoms with Gasteiger partial charge in [0.2, 0.25) is 5.96 Å². The Bertz CT molecular complexity index is 957. The fourth-order valence-corrected chi connectivity index (χ4v) is 4.30. The molecule has 0 unspecified atom stereocenters. The van der Waals surface area contributed by atoms with Crippen molar-refractivity contribution < 1.29 is 9.47 Å². The van der Waals surface area contributed by atoms with Crippen molar-refractivity contribution in [2.75, 3.05) is 19.0 Å². The van der Waals surface area contributed by atoms with Gasteiger partial charge in [0.15, 0.2) is 11.0 Å². The van der Waals surface area contributed by atoms with Crippen molar-refractivity contribution >= 4 is 35.8 Å². The number of rotatable bonds is 2. The summed E-state index contributed by atoms with van der Waals surface area (Å²) in [7, 11) is 1.78. The zero-order valence-electron chi connectivity index (χ0n) is 17.7. The van der Waals surface area contributed by atoms with Crippen LogP contribution >= 0.6 is 11.6 Å². The predicted octanol–water partition coefficient (Wildman–Crippen LogP) is 4.06. The Kier molecular flexibility index (Phi) is 6.10. The smallest absolute Gasteiger partial charge is 0.257 e. The number of hydrogen-bond donors (Lipinski definition) is 1. The molecule has 0 aromatic carbocycles. The van der Waals surface area contributed by atoms with E-state index in [2.05, 4.69) is 31.8 Å². The molecule has 0 bridgehead atoms. The SMILES string of the molecule is C=NC1=Nc2c(C)c(Cl)nn2CCCOc2nn(C3CCC(OC)CC3)c(C)c2N1. The maximum absolute atomic E-state index is 6.23. The lowest BCUT2D eigenvalue weighted by atomic mass is 9.93. The van der Waals surface area contributed by atoms with E-state index in [-0.39, 0.29) is 0 Å². The van der Waals surface area contributed by atoms with E-state index < -0.39 is 0 Å². The molecule has 0 radical (unpaired) electrons. The molecule has 162 valence electrons. The number of nitrogens with zero attached hydrogens (tertiary/aromatic N) is 6. The summed E-state index contributed by atoms with van der Waals surface area (Å²) in [6.45, 7) is 8.75. The number of guanidine groups is 1. The molecule has 10 heteroatoms. The van der Waals surface area contributed by atoms with Crippen LogP contribution in [0, 0.1) is 13.8 Å². The Balaban J connectivity index is 1.68. The van der Waals surface area contributed by atoms with Crippen LogP contribution in [0.1, 0.15) is 49.4 Å². The molecule has 0 atom stereocenters. The van der Waals surface area contributed by atoms with Gasteiger partial charge in [0.05, 0.1) is 24.4 Å². The van der Waals surface area contributed by atoms with Crippen LogP contribution in [-0.4, -0.2) is 52.1 Å². The Labute approximate surface area is 181 Å². The predicted molar refractivity (Wildman–Crippen MR) is 118 cm³/mol. The molecule has 1 aliphatic heterocycles. The first kappa shape index (κ1) is 20.9. The number of methoxy groups -OCH3 is 1. The van der Waals surface area contributed by atoms with Crippen LogP contribution in [0.2, 0.25) is 5.15 Å². The molecule has 0 saturated heterocycles. The third-order valence-electron chi connectivity index (χ3n) is 5.89. The van der Waals surface area contributed by atoms with Crippen molar-refractivity contribution in [3.63, 3.8) is 0 Å². The Hall–Kier alpha value is -2.39. The third kappa shape index (κ3) is 3.96. The zero-order chi connectivity index (χ0) is 21.3. The minimum Gasteiger partial charge on any atom is -0.475 e. The van der Waals surface area contributed by atoms with Crippen LogP contribution in [-0.2, 0) is 11.3 Å². The Morgan fingerprint density at radius 2 is 2.00 bits per heavy atom. The number of ether oxygens (including phenoxy) is 2. The normalized spacial score (nSPS) is 22.1. The van der Waals surface area contributed by atoms with E-state index in [0.29, 0.717) is 48.1 Å². The standard InChI is InChI=1S/C20H28ClN7O2/c1-12-17(21)25-27-10-5-11-30-19-16(23-20(22-3)24-18(12)27)13(2)28(26-19)14-6-8-15(29-4)9-7-14/h14-15H,3,5-11H2,1-2,4H3,(H,23,24). The molecule has 2 aromatic heterocycles. The van der Waals surface area contributed by atoms with E-state index in [4.69, 9.17) is 26.2 Å². The summed E-state index contributed by atoms with van der Waals surface area (Å²) in [5.74, 6) is 1.58. The molecule has 2 aliphatic rings. The lowest BCUT2D eigenvalue weighted by Gasteiger charge is -2.28. The van der Waals surface area contributed by atoms with E-state index in [1.54, 1.807) is 11.8 Å². The van der Waals surface area contributed by atoms with E-state index in [0.717, 1.165) is 49.0 Å². The molecule has 3 heterocycles. The molecular weight excluding hydrogens is 406 g/mol. The maximum Gasteiger partial charge on any atom is 0.257 e. The highest BCUT2D eigenvalue weighted by Crippen LogP contribution is 2.36. The quantitative estimate of drug-likeness (QED) is 0.721. The molecule has 30 heavy (non-hydrogen) atoms. The summed E-state index contributed by atoms with van der Waals surface area (Å²) in [5, 5.41) is 12.9. The summed E-state index contributed by atoms with van der Waals surface area (Å²) in [6.07, 6.45) is 5.21. The molecule has 1 N–H and O–H groups in total. The maximum atomic E-state index is 6.23. The Morgan fingerprint density at radius 3 is 2.70 bits per heavy atom. The van der Waals surface area contributed by atoms with Gasteiger partial charge < -0.3 is 14.8 Å². The molecule has 0 spiro atoms. The second-order valence-corrected chi connectivity index (χ2v) is 8.12. The number of nitrogens with one attached hydrogen (secondary N) is 1. The van der Waals surface area contributed by atoms with Crippen LogP contribution in [0.5, 0.6) is 5.88 Å². The molecule has 4 rings (SSSR count).